The molecule has 1 aromatic heterocycles. The van der Waals surface area contributed by atoms with E-state index in [9.17, 15) is 0 Å². The van der Waals surface area contributed by atoms with Gasteiger partial charge >= 0.3 is 0 Å². The molecule has 3 nitrogen and oxygen atoms in total. The predicted octanol–water partition coefficient (Wildman–Crippen LogP) is 0.863. The van der Waals surface area contributed by atoms with Crippen molar-refractivity contribution < 1.29 is 25.5 Å². The van der Waals surface area contributed by atoms with Crippen LogP contribution in [0.15, 0.2) is 18.2 Å². The number of hydrogen-bond acceptors (Lipinski definition) is 2. The van der Waals surface area contributed by atoms with Crippen molar-refractivity contribution in [3.8, 4) is 0 Å². The Morgan fingerprint density at radius 2 is 2.38 bits per heavy atom. The fraction of sp³-hybridized carbons (Fsp3) is 0.222. The first-order valence-corrected chi connectivity index (χ1v) is 3.75. The quantitative estimate of drug-likeness (QED) is 0.778. The van der Waals surface area contributed by atoms with Crippen molar-refractivity contribution in [1.82, 2.24) is 9.55 Å². The van der Waals surface area contributed by atoms with Crippen molar-refractivity contribution in [2.45, 2.75) is 6.61 Å². The van der Waals surface area contributed by atoms with Crippen LogP contribution in [0.3, 0.4) is 0 Å². The van der Waals surface area contributed by atoms with Crippen molar-refractivity contribution >= 4 is 11.0 Å². The summed E-state index contributed by atoms with van der Waals surface area (Å²) in [6, 6.07) is 8.53. The number of benzene rings is 1. The third kappa shape index (κ3) is 1.66. The molecule has 0 unspecified atom stereocenters. The van der Waals surface area contributed by atoms with E-state index in [1.807, 2.05) is 29.8 Å². The molecule has 0 amide bonds. The van der Waals surface area contributed by atoms with Crippen LogP contribution in [0.5, 0.6) is 0 Å². The van der Waals surface area contributed by atoms with Crippen molar-refractivity contribution in [3.63, 3.8) is 0 Å². The molecule has 1 aromatic carbocycles. The van der Waals surface area contributed by atoms with Gasteiger partial charge in [0.25, 0.3) is 0 Å². The van der Waals surface area contributed by atoms with Crippen LogP contribution >= 0.6 is 0 Å². The van der Waals surface area contributed by atoms with Gasteiger partial charge in [-0.2, -0.15) is 12.1 Å². The fourth-order valence-corrected chi connectivity index (χ4v) is 1.28. The molecule has 1 N–H and O–H groups in total. The standard InChI is InChI=1S/C9H9N2O.Re/c1-11-8-5-3-2-4-7(8)10-9(11)6-12;/h3-5,12H,6H2,1H3;/q-1;. The van der Waals surface area contributed by atoms with Gasteiger partial charge < -0.3 is 9.67 Å². The van der Waals surface area contributed by atoms with Gasteiger partial charge in [0.2, 0.25) is 0 Å². The van der Waals surface area contributed by atoms with E-state index < -0.39 is 0 Å². The maximum atomic E-state index is 8.93. The first-order valence-electron chi connectivity index (χ1n) is 3.75. The van der Waals surface area contributed by atoms with Crippen LogP contribution in [0.2, 0.25) is 0 Å². The normalized spacial score (nSPS) is 10.0. The first kappa shape index (κ1) is 10.4. The Labute approximate surface area is 90.1 Å². The topological polar surface area (TPSA) is 38.0 Å². The second-order valence-corrected chi connectivity index (χ2v) is 2.66. The molecule has 0 saturated heterocycles. The summed E-state index contributed by atoms with van der Waals surface area (Å²) in [4.78, 5) is 4.21. The van der Waals surface area contributed by atoms with Crippen molar-refractivity contribution in [3.05, 3.63) is 30.1 Å². The van der Waals surface area contributed by atoms with Crippen LogP contribution in [0, 0.1) is 6.07 Å². The molecule has 0 bridgehead atoms. The fourth-order valence-electron chi connectivity index (χ4n) is 1.28. The van der Waals surface area contributed by atoms with Gasteiger partial charge in [-0.25, -0.2) is 0 Å². The van der Waals surface area contributed by atoms with E-state index in [1.165, 1.54) is 0 Å². The summed E-state index contributed by atoms with van der Waals surface area (Å²) in [6.45, 7) is -0.0226. The van der Waals surface area contributed by atoms with Gasteiger partial charge in [0, 0.05) is 27.5 Å². The van der Waals surface area contributed by atoms with Crippen LogP contribution < -0.4 is 0 Å². The Morgan fingerprint density at radius 1 is 1.62 bits per heavy atom. The molecule has 0 fully saturated rings. The van der Waals surface area contributed by atoms with E-state index in [1.54, 1.807) is 0 Å². The van der Waals surface area contributed by atoms with Crippen molar-refractivity contribution in [1.29, 1.82) is 0 Å². The molecule has 1 heterocycles. The summed E-state index contributed by atoms with van der Waals surface area (Å²) >= 11 is 0. The number of nitrogens with zero attached hydrogens (tertiary/aromatic N) is 2. The second kappa shape index (κ2) is 4.01. The van der Waals surface area contributed by atoms with Crippen LogP contribution in [-0.4, -0.2) is 14.7 Å². The molecule has 0 atom stereocenters. The van der Waals surface area contributed by atoms with E-state index in [-0.39, 0.29) is 27.0 Å². The Kier molecular flexibility index (Phi) is 3.21. The zero-order valence-electron chi connectivity index (χ0n) is 7.16. The summed E-state index contributed by atoms with van der Waals surface area (Å²) in [5.41, 5.74) is 1.90. The monoisotopic (exact) mass is 348 g/mol. The molecule has 0 saturated carbocycles. The third-order valence-electron chi connectivity index (χ3n) is 1.96. The molecule has 0 spiro atoms. The molecule has 0 aliphatic carbocycles. The van der Waals surface area contributed by atoms with Gasteiger partial charge in [0.1, 0.15) is 12.4 Å². The zero-order valence-corrected chi connectivity index (χ0v) is 9.87. The number of hydrogen-bond donors (Lipinski definition) is 1. The SMILES string of the molecule is Cn1c(CO)nc2c[c-]ccc21.[Re]. The smallest absolute Gasteiger partial charge is 0.120 e. The molecule has 2 rings (SSSR count). The molecule has 69 valence electrons. The number of aryl methyl sites for hydroxylation is 1. The molecular formula is C9H9N2ORe-. The minimum atomic E-state index is -0.0226. The Morgan fingerprint density at radius 3 is 3.00 bits per heavy atom. The number of fused-ring (bicyclic) bond motifs is 1. The van der Waals surface area contributed by atoms with Crippen LogP contribution in [-0.2, 0) is 34.1 Å². The number of imidazole rings is 1. The van der Waals surface area contributed by atoms with E-state index in [4.69, 9.17) is 5.11 Å². The molecule has 4 heteroatoms. The number of rotatable bonds is 1. The average molecular weight is 347 g/mol. The van der Waals surface area contributed by atoms with Crippen molar-refractivity contribution in [2.75, 3.05) is 0 Å². The van der Waals surface area contributed by atoms with E-state index in [0.29, 0.717) is 5.82 Å². The van der Waals surface area contributed by atoms with Gasteiger partial charge in [-0.15, -0.1) is 12.1 Å². The molecule has 2 aromatic rings. The average Bonchev–Trinajstić information content (AvgIpc) is 2.44. The van der Waals surface area contributed by atoms with E-state index >= 15 is 0 Å². The third-order valence-corrected chi connectivity index (χ3v) is 1.96. The maximum absolute atomic E-state index is 8.93. The van der Waals surface area contributed by atoms with Gasteiger partial charge in [0.15, 0.2) is 0 Å². The van der Waals surface area contributed by atoms with E-state index in [2.05, 4.69) is 11.1 Å². The number of aliphatic hydroxyl groups is 1. The minimum Gasteiger partial charge on any atom is -0.388 e. The van der Waals surface area contributed by atoms with Gasteiger partial charge in [-0.05, 0) is 11.0 Å². The van der Waals surface area contributed by atoms with Crippen molar-refractivity contribution in [2.24, 2.45) is 7.05 Å². The zero-order chi connectivity index (χ0) is 8.55. The predicted molar refractivity (Wildman–Crippen MR) is 45.5 cm³/mol. The van der Waals surface area contributed by atoms with Gasteiger partial charge in [-0.3, -0.25) is 4.98 Å². The van der Waals surface area contributed by atoms with Crippen LogP contribution in [0.1, 0.15) is 5.82 Å². The van der Waals surface area contributed by atoms with Crippen LogP contribution in [0.25, 0.3) is 11.0 Å². The molecule has 0 aliphatic heterocycles. The summed E-state index contributed by atoms with van der Waals surface area (Å²) in [5.74, 6) is 0.685. The second-order valence-electron chi connectivity index (χ2n) is 2.66. The summed E-state index contributed by atoms with van der Waals surface area (Å²) in [5, 5.41) is 8.93. The summed E-state index contributed by atoms with van der Waals surface area (Å²) < 4.78 is 1.88. The maximum Gasteiger partial charge on any atom is 0.120 e. The van der Waals surface area contributed by atoms with Gasteiger partial charge in [-0.1, -0.05) is 0 Å². The summed E-state index contributed by atoms with van der Waals surface area (Å²) in [6.07, 6.45) is 0. The van der Waals surface area contributed by atoms with Crippen LogP contribution in [0.4, 0.5) is 0 Å². The number of aromatic nitrogens is 2. The molecule has 13 heavy (non-hydrogen) atoms. The molecular weight excluding hydrogens is 338 g/mol. The molecule has 0 aliphatic rings. The number of aliphatic hydroxyl groups excluding tert-OH is 1. The van der Waals surface area contributed by atoms with E-state index in [0.717, 1.165) is 11.0 Å². The Balaban J connectivity index is 0.000000845. The first-order chi connectivity index (χ1) is 5.83. The summed E-state index contributed by atoms with van der Waals surface area (Å²) in [7, 11) is 1.89. The minimum absolute atomic E-state index is 0. The largest absolute Gasteiger partial charge is 0.388 e. The Hall–Kier alpha value is -0.688. The molecule has 1 radical (unpaired) electrons. The Bertz CT molecular complexity index is 411. The van der Waals surface area contributed by atoms with Gasteiger partial charge in [0.05, 0.1) is 0 Å².